The predicted octanol–water partition coefficient (Wildman–Crippen LogP) is 2.10. The monoisotopic (exact) mass is 415 g/mol. The Bertz CT molecular complexity index is 966. The molecule has 1 aliphatic heterocycles. The van der Waals surface area contributed by atoms with Crippen molar-refractivity contribution in [2.45, 2.75) is 24.7 Å². The molecule has 0 bridgehead atoms. The van der Waals surface area contributed by atoms with E-state index in [2.05, 4.69) is 10.5 Å². The summed E-state index contributed by atoms with van der Waals surface area (Å²) in [5.74, 6) is -0.195. The molecule has 1 aliphatic rings. The Morgan fingerprint density at radius 1 is 1.17 bits per heavy atom. The summed E-state index contributed by atoms with van der Waals surface area (Å²) in [5.41, 5.74) is 5.45. The fourth-order valence-corrected chi connectivity index (χ4v) is 4.42. The first kappa shape index (κ1) is 21.2. The lowest BCUT2D eigenvalue weighted by Gasteiger charge is -2.26. The summed E-state index contributed by atoms with van der Waals surface area (Å²) in [6, 6.07) is 14.5. The van der Waals surface area contributed by atoms with E-state index in [-0.39, 0.29) is 17.2 Å². The Morgan fingerprint density at radius 3 is 2.59 bits per heavy atom. The molecule has 0 radical (unpaired) electrons. The third-order valence-electron chi connectivity index (χ3n) is 4.62. The SMILES string of the molecule is Cc1cccc(/C=N/NC(=O)CCc2ccc(S(=O)(=O)N3CCOCC3)cc2)c1. The van der Waals surface area contributed by atoms with Gasteiger partial charge >= 0.3 is 0 Å². The van der Waals surface area contributed by atoms with Gasteiger partial charge in [0.05, 0.1) is 24.3 Å². The average molecular weight is 416 g/mol. The minimum atomic E-state index is -3.50. The van der Waals surface area contributed by atoms with Gasteiger partial charge in [0.25, 0.3) is 0 Å². The van der Waals surface area contributed by atoms with Crippen molar-refractivity contribution in [1.29, 1.82) is 0 Å². The second-order valence-electron chi connectivity index (χ2n) is 6.87. The van der Waals surface area contributed by atoms with Crippen LogP contribution in [0, 0.1) is 6.92 Å². The number of hydrazone groups is 1. The van der Waals surface area contributed by atoms with E-state index in [0.29, 0.717) is 32.7 Å². The molecule has 1 amide bonds. The van der Waals surface area contributed by atoms with Crippen molar-refractivity contribution in [2.24, 2.45) is 5.10 Å². The number of nitrogens with one attached hydrogen (secondary N) is 1. The van der Waals surface area contributed by atoms with E-state index in [0.717, 1.165) is 16.7 Å². The van der Waals surface area contributed by atoms with Gasteiger partial charge in [0.2, 0.25) is 15.9 Å². The third kappa shape index (κ3) is 5.96. The molecule has 1 fully saturated rings. The normalized spacial score (nSPS) is 15.5. The minimum absolute atomic E-state index is 0.195. The lowest BCUT2D eigenvalue weighted by molar-refractivity contribution is -0.121. The maximum absolute atomic E-state index is 12.6. The first-order valence-electron chi connectivity index (χ1n) is 9.50. The smallest absolute Gasteiger partial charge is 0.243 e. The van der Waals surface area contributed by atoms with Gasteiger partial charge in [0.15, 0.2) is 0 Å². The number of hydrogen-bond acceptors (Lipinski definition) is 5. The van der Waals surface area contributed by atoms with E-state index < -0.39 is 10.0 Å². The van der Waals surface area contributed by atoms with E-state index in [1.165, 1.54) is 4.31 Å². The van der Waals surface area contributed by atoms with Gasteiger partial charge in [-0.1, -0.05) is 42.0 Å². The molecule has 1 heterocycles. The second-order valence-corrected chi connectivity index (χ2v) is 8.81. The molecule has 2 aromatic carbocycles. The topological polar surface area (TPSA) is 88.1 Å². The van der Waals surface area contributed by atoms with E-state index in [1.807, 2.05) is 31.2 Å². The first-order chi connectivity index (χ1) is 13.9. The fraction of sp³-hybridized carbons (Fsp3) is 0.333. The van der Waals surface area contributed by atoms with Crippen LogP contribution in [0.25, 0.3) is 0 Å². The number of sulfonamides is 1. The van der Waals surface area contributed by atoms with Gasteiger partial charge in [-0.3, -0.25) is 4.79 Å². The number of benzene rings is 2. The van der Waals surface area contributed by atoms with Gasteiger partial charge in [-0.15, -0.1) is 0 Å². The number of aryl methyl sites for hydroxylation is 2. The Morgan fingerprint density at radius 2 is 1.90 bits per heavy atom. The van der Waals surface area contributed by atoms with Crippen molar-refractivity contribution in [3.8, 4) is 0 Å². The highest BCUT2D eigenvalue weighted by molar-refractivity contribution is 7.89. The number of carbonyl (C=O) groups excluding carboxylic acids is 1. The molecular formula is C21H25N3O4S. The molecule has 1 N–H and O–H groups in total. The number of ether oxygens (including phenoxy) is 1. The number of amides is 1. The summed E-state index contributed by atoms with van der Waals surface area (Å²) in [5, 5.41) is 3.97. The molecule has 154 valence electrons. The van der Waals surface area contributed by atoms with Crippen LogP contribution in [-0.4, -0.2) is 51.1 Å². The molecule has 0 spiro atoms. The zero-order chi connectivity index (χ0) is 20.7. The summed E-state index contributed by atoms with van der Waals surface area (Å²) in [6.45, 7) is 3.56. The molecule has 0 unspecified atom stereocenters. The standard InChI is InChI=1S/C21H25N3O4S/c1-17-3-2-4-19(15-17)16-22-23-21(25)10-7-18-5-8-20(9-6-18)29(26,27)24-11-13-28-14-12-24/h2-6,8-9,15-16H,7,10-14H2,1H3,(H,23,25)/b22-16+. The number of morpholine rings is 1. The van der Waals surface area contributed by atoms with Gasteiger partial charge in [-0.25, -0.2) is 13.8 Å². The van der Waals surface area contributed by atoms with E-state index in [9.17, 15) is 13.2 Å². The highest BCUT2D eigenvalue weighted by atomic mass is 32.2. The van der Waals surface area contributed by atoms with E-state index >= 15 is 0 Å². The van der Waals surface area contributed by atoms with Crippen LogP contribution in [0.1, 0.15) is 23.1 Å². The quantitative estimate of drug-likeness (QED) is 0.554. The first-order valence-corrected chi connectivity index (χ1v) is 10.9. The molecule has 7 nitrogen and oxygen atoms in total. The average Bonchev–Trinajstić information content (AvgIpc) is 2.73. The fourth-order valence-electron chi connectivity index (χ4n) is 3.01. The lowest BCUT2D eigenvalue weighted by atomic mass is 10.1. The zero-order valence-electron chi connectivity index (χ0n) is 16.4. The van der Waals surface area contributed by atoms with Gasteiger partial charge in [0, 0.05) is 19.5 Å². The van der Waals surface area contributed by atoms with E-state index in [4.69, 9.17) is 4.74 Å². The van der Waals surface area contributed by atoms with Gasteiger partial charge in [-0.2, -0.15) is 9.41 Å². The highest BCUT2D eigenvalue weighted by Crippen LogP contribution is 2.18. The van der Waals surface area contributed by atoms with Gasteiger partial charge < -0.3 is 4.74 Å². The summed E-state index contributed by atoms with van der Waals surface area (Å²) >= 11 is 0. The summed E-state index contributed by atoms with van der Waals surface area (Å²) in [6.07, 6.45) is 2.38. The molecule has 8 heteroatoms. The Labute approximate surface area is 171 Å². The molecule has 0 aromatic heterocycles. The number of carbonyl (C=O) groups is 1. The van der Waals surface area contributed by atoms with Crippen LogP contribution in [-0.2, 0) is 26.0 Å². The van der Waals surface area contributed by atoms with Crippen molar-refractivity contribution in [1.82, 2.24) is 9.73 Å². The van der Waals surface area contributed by atoms with Gasteiger partial charge in [-0.05, 0) is 36.6 Å². The van der Waals surface area contributed by atoms with Crippen LogP contribution in [0.5, 0.6) is 0 Å². The summed E-state index contributed by atoms with van der Waals surface area (Å²) in [7, 11) is -3.50. The van der Waals surface area contributed by atoms with Crippen molar-refractivity contribution < 1.29 is 17.9 Å². The lowest BCUT2D eigenvalue weighted by Crippen LogP contribution is -2.40. The Balaban J connectivity index is 1.50. The number of hydrogen-bond donors (Lipinski definition) is 1. The van der Waals surface area contributed by atoms with Crippen LogP contribution in [0.2, 0.25) is 0 Å². The molecule has 29 heavy (non-hydrogen) atoms. The highest BCUT2D eigenvalue weighted by Gasteiger charge is 2.26. The van der Waals surface area contributed by atoms with Crippen LogP contribution in [0.4, 0.5) is 0 Å². The number of rotatable bonds is 7. The van der Waals surface area contributed by atoms with Crippen molar-refractivity contribution in [2.75, 3.05) is 26.3 Å². The zero-order valence-corrected chi connectivity index (χ0v) is 17.2. The molecule has 2 aromatic rings. The van der Waals surface area contributed by atoms with Crippen molar-refractivity contribution in [3.63, 3.8) is 0 Å². The molecule has 1 saturated heterocycles. The van der Waals surface area contributed by atoms with Crippen molar-refractivity contribution >= 4 is 22.1 Å². The molecule has 0 atom stereocenters. The summed E-state index contributed by atoms with van der Waals surface area (Å²) in [4.78, 5) is 12.2. The maximum atomic E-state index is 12.6. The van der Waals surface area contributed by atoms with Crippen LogP contribution >= 0.6 is 0 Å². The minimum Gasteiger partial charge on any atom is -0.379 e. The maximum Gasteiger partial charge on any atom is 0.243 e. The van der Waals surface area contributed by atoms with E-state index in [1.54, 1.807) is 30.5 Å². The largest absolute Gasteiger partial charge is 0.379 e. The molecule has 0 saturated carbocycles. The second kappa shape index (κ2) is 9.78. The Hall–Kier alpha value is -2.55. The van der Waals surface area contributed by atoms with Crippen LogP contribution in [0.15, 0.2) is 58.5 Å². The molecular weight excluding hydrogens is 390 g/mol. The van der Waals surface area contributed by atoms with Crippen LogP contribution in [0.3, 0.4) is 0 Å². The van der Waals surface area contributed by atoms with Gasteiger partial charge in [0.1, 0.15) is 0 Å². The Kier molecular flexibility index (Phi) is 7.13. The predicted molar refractivity (Wildman–Crippen MR) is 111 cm³/mol. The molecule has 3 rings (SSSR count). The van der Waals surface area contributed by atoms with Crippen molar-refractivity contribution in [3.05, 3.63) is 65.2 Å². The van der Waals surface area contributed by atoms with Crippen LogP contribution < -0.4 is 5.43 Å². The molecule has 0 aliphatic carbocycles. The summed E-state index contributed by atoms with van der Waals surface area (Å²) < 4.78 is 31.9. The third-order valence-corrected chi connectivity index (χ3v) is 6.53. The number of nitrogens with zero attached hydrogens (tertiary/aromatic N) is 2.